The second kappa shape index (κ2) is 6.15. The molecule has 0 N–H and O–H groups in total. The number of rotatable bonds is 5. The molecule has 1 atom stereocenters. The van der Waals surface area contributed by atoms with Crippen molar-refractivity contribution in [2.45, 2.75) is 33.1 Å². The van der Waals surface area contributed by atoms with Gasteiger partial charge in [0.2, 0.25) is 0 Å². The Hall–Kier alpha value is 0.110. The predicted octanol–water partition coefficient (Wildman–Crippen LogP) is 5.33. The molecule has 0 saturated heterocycles. The fourth-order valence-electron chi connectivity index (χ4n) is 1.95. The summed E-state index contributed by atoms with van der Waals surface area (Å²) in [6, 6.07) is 5.25. The van der Waals surface area contributed by atoms with Crippen LogP contribution in [0.5, 0.6) is 0 Å². The van der Waals surface area contributed by atoms with Crippen LogP contribution in [-0.4, -0.2) is 5.33 Å². The molecule has 0 amide bonds. The fourth-order valence-corrected chi connectivity index (χ4v) is 2.83. The van der Waals surface area contributed by atoms with Crippen LogP contribution in [0.3, 0.4) is 0 Å². The third kappa shape index (κ3) is 3.56. The molecule has 0 saturated carbocycles. The molecule has 16 heavy (non-hydrogen) atoms. The van der Waals surface area contributed by atoms with Crippen LogP contribution in [0.1, 0.15) is 32.3 Å². The minimum atomic E-state index is -0.175. The lowest BCUT2D eigenvalue weighted by atomic mass is 9.82. The summed E-state index contributed by atoms with van der Waals surface area (Å²) in [5.74, 6) is -0.175. The highest BCUT2D eigenvalue weighted by molar-refractivity contribution is 9.10. The van der Waals surface area contributed by atoms with Crippen LogP contribution in [0.25, 0.3) is 0 Å². The van der Waals surface area contributed by atoms with Crippen molar-refractivity contribution in [3.8, 4) is 0 Å². The van der Waals surface area contributed by atoms with Crippen molar-refractivity contribution in [1.29, 1.82) is 0 Å². The number of hydrogen-bond donors (Lipinski definition) is 0. The van der Waals surface area contributed by atoms with E-state index in [1.54, 1.807) is 6.07 Å². The molecule has 1 rings (SSSR count). The van der Waals surface area contributed by atoms with Gasteiger partial charge in [-0.2, -0.15) is 0 Å². The second-order valence-electron chi connectivity index (χ2n) is 4.58. The van der Waals surface area contributed by atoms with Gasteiger partial charge in [-0.3, -0.25) is 0 Å². The minimum Gasteiger partial charge on any atom is -0.206 e. The summed E-state index contributed by atoms with van der Waals surface area (Å²) in [7, 11) is 0. The average molecular weight is 352 g/mol. The first-order valence-corrected chi connectivity index (χ1v) is 7.43. The largest absolute Gasteiger partial charge is 0.206 e. The maximum absolute atomic E-state index is 13.4. The normalized spacial score (nSPS) is 14.8. The SMILES string of the molecule is CCCC(C)(CBr)Cc1cccc(F)c1Br. The van der Waals surface area contributed by atoms with Crippen molar-refractivity contribution >= 4 is 31.9 Å². The summed E-state index contributed by atoms with van der Waals surface area (Å²) in [4.78, 5) is 0. The molecule has 90 valence electrons. The Labute approximate surface area is 114 Å². The Kier molecular flexibility index (Phi) is 5.45. The van der Waals surface area contributed by atoms with E-state index in [0.29, 0.717) is 4.47 Å². The van der Waals surface area contributed by atoms with E-state index in [1.165, 1.54) is 6.07 Å². The monoisotopic (exact) mass is 350 g/mol. The molecule has 0 nitrogen and oxygen atoms in total. The van der Waals surface area contributed by atoms with Crippen molar-refractivity contribution in [2.75, 3.05) is 5.33 Å². The summed E-state index contributed by atoms with van der Waals surface area (Å²) >= 11 is 6.89. The molecule has 0 radical (unpaired) electrons. The quantitative estimate of drug-likeness (QED) is 0.629. The summed E-state index contributed by atoms with van der Waals surface area (Å²) in [5, 5.41) is 0.941. The van der Waals surface area contributed by atoms with Gasteiger partial charge in [-0.1, -0.05) is 48.3 Å². The summed E-state index contributed by atoms with van der Waals surface area (Å²) in [6.45, 7) is 4.42. The van der Waals surface area contributed by atoms with E-state index < -0.39 is 0 Å². The van der Waals surface area contributed by atoms with Crippen molar-refractivity contribution in [2.24, 2.45) is 5.41 Å². The van der Waals surface area contributed by atoms with Crippen LogP contribution in [0.15, 0.2) is 22.7 Å². The molecule has 1 aromatic carbocycles. The number of halogens is 3. The first-order chi connectivity index (χ1) is 7.52. The standard InChI is InChI=1S/C13H17Br2F/c1-3-7-13(2,9-14)8-10-5-4-6-11(16)12(10)15/h4-6H,3,7-9H2,1-2H3. The molecule has 0 aliphatic carbocycles. The molecule has 0 aromatic heterocycles. The van der Waals surface area contributed by atoms with Gasteiger partial charge in [0.15, 0.2) is 0 Å². The molecular weight excluding hydrogens is 335 g/mol. The van der Waals surface area contributed by atoms with Gasteiger partial charge in [-0.25, -0.2) is 4.39 Å². The summed E-state index contributed by atoms with van der Waals surface area (Å²) in [5.41, 5.74) is 1.25. The maximum atomic E-state index is 13.4. The minimum absolute atomic E-state index is 0.175. The van der Waals surface area contributed by atoms with E-state index in [2.05, 4.69) is 45.7 Å². The molecule has 0 fully saturated rings. The van der Waals surface area contributed by atoms with Gasteiger partial charge in [0.05, 0.1) is 4.47 Å². The van der Waals surface area contributed by atoms with Crippen LogP contribution in [-0.2, 0) is 6.42 Å². The topological polar surface area (TPSA) is 0 Å². The van der Waals surface area contributed by atoms with E-state index in [9.17, 15) is 4.39 Å². The highest BCUT2D eigenvalue weighted by Crippen LogP contribution is 2.33. The lowest BCUT2D eigenvalue weighted by molar-refractivity contribution is 0.339. The van der Waals surface area contributed by atoms with Crippen molar-refractivity contribution in [3.63, 3.8) is 0 Å². The molecule has 0 aliphatic heterocycles. The maximum Gasteiger partial charge on any atom is 0.137 e. The highest BCUT2D eigenvalue weighted by atomic mass is 79.9. The van der Waals surface area contributed by atoms with Gasteiger partial charge in [0.25, 0.3) is 0 Å². The molecule has 3 heteroatoms. The molecule has 0 bridgehead atoms. The molecule has 1 unspecified atom stereocenters. The van der Waals surface area contributed by atoms with Gasteiger partial charge in [-0.05, 0) is 45.8 Å². The number of alkyl halides is 1. The van der Waals surface area contributed by atoms with E-state index in [4.69, 9.17) is 0 Å². The van der Waals surface area contributed by atoms with Crippen LogP contribution in [0, 0.1) is 11.2 Å². The van der Waals surface area contributed by atoms with E-state index in [0.717, 1.165) is 30.2 Å². The van der Waals surface area contributed by atoms with Crippen LogP contribution >= 0.6 is 31.9 Å². The van der Waals surface area contributed by atoms with Gasteiger partial charge in [-0.15, -0.1) is 0 Å². The Balaban J connectivity index is 2.90. The Bertz CT molecular complexity index is 352. The zero-order valence-electron chi connectivity index (χ0n) is 9.69. The van der Waals surface area contributed by atoms with Gasteiger partial charge in [0.1, 0.15) is 5.82 Å². The lowest BCUT2D eigenvalue weighted by Gasteiger charge is -2.27. The number of benzene rings is 1. The smallest absolute Gasteiger partial charge is 0.137 e. The zero-order chi connectivity index (χ0) is 12.2. The summed E-state index contributed by atoms with van der Waals surface area (Å²) in [6.07, 6.45) is 3.18. The van der Waals surface area contributed by atoms with E-state index >= 15 is 0 Å². The van der Waals surface area contributed by atoms with E-state index in [-0.39, 0.29) is 11.2 Å². The zero-order valence-corrected chi connectivity index (χ0v) is 12.9. The molecule has 0 spiro atoms. The fraction of sp³-hybridized carbons (Fsp3) is 0.538. The third-order valence-corrected chi connectivity index (χ3v) is 5.07. The highest BCUT2D eigenvalue weighted by Gasteiger charge is 2.23. The Morgan fingerprint density at radius 3 is 2.62 bits per heavy atom. The van der Waals surface area contributed by atoms with E-state index in [1.807, 2.05) is 6.07 Å². The summed E-state index contributed by atoms with van der Waals surface area (Å²) < 4.78 is 14.0. The Morgan fingerprint density at radius 2 is 2.06 bits per heavy atom. The van der Waals surface area contributed by atoms with Gasteiger partial charge >= 0.3 is 0 Å². The van der Waals surface area contributed by atoms with Gasteiger partial charge in [0, 0.05) is 5.33 Å². The van der Waals surface area contributed by atoms with Crippen molar-refractivity contribution < 1.29 is 4.39 Å². The Morgan fingerprint density at radius 1 is 1.38 bits per heavy atom. The molecule has 0 heterocycles. The van der Waals surface area contributed by atoms with Crippen molar-refractivity contribution in [3.05, 3.63) is 34.1 Å². The second-order valence-corrected chi connectivity index (χ2v) is 5.94. The number of hydrogen-bond acceptors (Lipinski definition) is 0. The first-order valence-electron chi connectivity index (χ1n) is 5.51. The first kappa shape index (κ1) is 14.2. The van der Waals surface area contributed by atoms with Crippen molar-refractivity contribution in [1.82, 2.24) is 0 Å². The molecule has 1 aromatic rings. The van der Waals surface area contributed by atoms with Gasteiger partial charge < -0.3 is 0 Å². The molecular formula is C13H17Br2F. The van der Waals surface area contributed by atoms with Crippen LogP contribution in [0.2, 0.25) is 0 Å². The lowest BCUT2D eigenvalue weighted by Crippen LogP contribution is -2.21. The predicted molar refractivity (Wildman–Crippen MR) is 74.6 cm³/mol. The third-order valence-electron chi connectivity index (χ3n) is 2.82. The molecule has 0 aliphatic rings. The van der Waals surface area contributed by atoms with Crippen LogP contribution in [0.4, 0.5) is 4.39 Å². The average Bonchev–Trinajstić information content (AvgIpc) is 2.25. The van der Waals surface area contributed by atoms with Crippen LogP contribution < -0.4 is 0 Å².